The third-order valence-electron chi connectivity index (χ3n) is 3.99. The van der Waals surface area contributed by atoms with Crippen molar-refractivity contribution in [1.82, 2.24) is 0 Å². The van der Waals surface area contributed by atoms with Gasteiger partial charge in [0.05, 0.1) is 24.7 Å². The summed E-state index contributed by atoms with van der Waals surface area (Å²) in [5, 5.41) is 2.73. The molecule has 28 heavy (non-hydrogen) atoms. The van der Waals surface area contributed by atoms with Crippen molar-refractivity contribution in [2.24, 2.45) is 0 Å². The van der Waals surface area contributed by atoms with Gasteiger partial charge in [-0.3, -0.25) is 9.10 Å². The summed E-state index contributed by atoms with van der Waals surface area (Å²) in [6.45, 7) is 1.82. The summed E-state index contributed by atoms with van der Waals surface area (Å²) in [6.07, 6.45) is 1.19. The Labute approximate surface area is 163 Å². The van der Waals surface area contributed by atoms with Gasteiger partial charge in [-0.1, -0.05) is 6.07 Å². The Morgan fingerprint density at radius 2 is 1.86 bits per heavy atom. The van der Waals surface area contributed by atoms with Crippen LogP contribution in [0.1, 0.15) is 18.4 Å². The molecule has 0 saturated carbocycles. The number of ether oxygens (including phenoxy) is 1. The van der Waals surface area contributed by atoms with Crippen molar-refractivity contribution >= 4 is 27.3 Å². The maximum atomic E-state index is 13.5. The van der Waals surface area contributed by atoms with Crippen LogP contribution in [0.2, 0.25) is 0 Å². The molecule has 0 atom stereocenters. The highest BCUT2D eigenvalue weighted by Crippen LogP contribution is 2.25. The van der Waals surface area contributed by atoms with Crippen LogP contribution in [0, 0.1) is 18.6 Å². The fourth-order valence-electron chi connectivity index (χ4n) is 2.64. The third-order valence-corrected chi connectivity index (χ3v) is 5.18. The Kier molecular flexibility index (Phi) is 6.95. The van der Waals surface area contributed by atoms with Crippen LogP contribution >= 0.6 is 0 Å². The number of hydrogen-bond acceptors (Lipinski definition) is 4. The van der Waals surface area contributed by atoms with Gasteiger partial charge in [0.25, 0.3) is 0 Å². The lowest BCUT2D eigenvalue weighted by Crippen LogP contribution is -2.31. The molecule has 0 radical (unpaired) electrons. The minimum absolute atomic E-state index is 0.00200. The Balaban J connectivity index is 2.03. The minimum Gasteiger partial charge on any atom is -0.495 e. The molecule has 0 heterocycles. The zero-order valence-corrected chi connectivity index (χ0v) is 16.6. The van der Waals surface area contributed by atoms with E-state index >= 15 is 0 Å². The molecule has 6 nitrogen and oxygen atoms in total. The molecule has 0 aromatic heterocycles. The average molecular weight is 412 g/mol. The lowest BCUT2D eigenvalue weighted by Gasteiger charge is -2.22. The van der Waals surface area contributed by atoms with Crippen LogP contribution in [0.15, 0.2) is 36.4 Å². The van der Waals surface area contributed by atoms with Gasteiger partial charge in [-0.2, -0.15) is 0 Å². The number of amides is 1. The number of carbonyl (C=O) groups excluding carboxylic acids is 1. The van der Waals surface area contributed by atoms with Gasteiger partial charge < -0.3 is 10.1 Å². The van der Waals surface area contributed by atoms with Crippen molar-refractivity contribution in [2.45, 2.75) is 19.8 Å². The molecule has 0 fully saturated rings. The first kappa shape index (κ1) is 21.6. The second-order valence-corrected chi connectivity index (χ2v) is 8.20. The highest BCUT2D eigenvalue weighted by molar-refractivity contribution is 7.92. The van der Waals surface area contributed by atoms with Gasteiger partial charge >= 0.3 is 0 Å². The largest absolute Gasteiger partial charge is 0.495 e. The van der Waals surface area contributed by atoms with Crippen LogP contribution in [-0.4, -0.2) is 34.2 Å². The van der Waals surface area contributed by atoms with E-state index in [1.54, 1.807) is 12.1 Å². The van der Waals surface area contributed by atoms with Crippen LogP contribution in [0.4, 0.5) is 20.2 Å². The van der Waals surface area contributed by atoms with Gasteiger partial charge in [-0.15, -0.1) is 0 Å². The molecule has 2 aromatic rings. The second-order valence-electron chi connectivity index (χ2n) is 6.29. The predicted octanol–water partition coefficient (Wildman–Crippen LogP) is 3.47. The number of anilines is 2. The summed E-state index contributed by atoms with van der Waals surface area (Å²) in [7, 11) is -2.24. The molecule has 9 heteroatoms. The number of nitrogens with one attached hydrogen (secondary N) is 1. The van der Waals surface area contributed by atoms with Crippen molar-refractivity contribution in [3.8, 4) is 5.75 Å². The SMILES string of the molecule is COc1ccc(C)cc1NC(=O)CCCN(c1ccc(F)c(F)c1)S(C)(=O)=O. The van der Waals surface area contributed by atoms with Gasteiger partial charge in [-0.05, 0) is 43.2 Å². The fourth-order valence-corrected chi connectivity index (χ4v) is 3.60. The molecule has 0 unspecified atom stereocenters. The van der Waals surface area contributed by atoms with Gasteiger partial charge in [0.2, 0.25) is 15.9 Å². The first-order valence-corrected chi connectivity index (χ1v) is 10.3. The van der Waals surface area contributed by atoms with Gasteiger partial charge in [-0.25, -0.2) is 17.2 Å². The summed E-state index contributed by atoms with van der Waals surface area (Å²) >= 11 is 0. The summed E-state index contributed by atoms with van der Waals surface area (Å²) < 4.78 is 56.7. The summed E-state index contributed by atoms with van der Waals surface area (Å²) in [5.74, 6) is -2.01. The van der Waals surface area contributed by atoms with Gasteiger partial charge in [0.15, 0.2) is 11.6 Å². The highest BCUT2D eigenvalue weighted by Gasteiger charge is 2.19. The zero-order valence-electron chi connectivity index (χ0n) is 15.8. The van der Waals surface area contributed by atoms with E-state index in [-0.39, 0.29) is 31.0 Å². The van der Waals surface area contributed by atoms with Gasteiger partial charge in [0.1, 0.15) is 5.75 Å². The summed E-state index contributed by atoms with van der Waals surface area (Å²) in [5.41, 5.74) is 1.47. The number of sulfonamides is 1. The molecule has 0 aliphatic carbocycles. The van der Waals surface area contributed by atoms with Crippen molar-refractivity contribution in [1.29, 1.82) is 0 Å². The number of aryl methyl sites for hydroxylation is 1. The molecular weight excluding hydrogens is 390 g/mol. The number of nitrogens with zero attached hydrogens (tertiary/aromatic N) is 1. The highest BCUT2D eigenvalue weighted by atomic mass is 32.2. The fraction of sp³-hybridized carbons (Fsp3) is 0.316. The smallest absolute Gasteiger partial charge is 0.232 e. The Morgan fingerprint density at radius 3 is 2.46 bits per heavy atom. The average Bonchev–Trinajstić information content (AvgIpc) is 2.60. The molecule has 1 amide bonds. The molecule has 152 valence electrons. The van der Waals surface area contributed by atoms with E-state index in [0.717, 1.165) is 28.3 Å². The van der Waals surface area contributed by atoms with E-state index < -0.39 is 21.7 Å². The number of methoxy groups -OCH3 is 1. The lowest BCUT2D eigenvalue weighted by molar-refractivity contribution is -0.116. The molecule has 0 spiro atoms. The number of hydrogen-bond donors (Lipinski definition) is 1. The third kappa shape index (κ3) is 5.66. The van der Waals surface area contributed by atoms with Crippen molar-refractivity contribution < 1.29 is 26.7 Å². The second kappa shape index (κ2) is 9.01. The minimum atomic E-state index is -3.73. The van der Waals surface area contributed by atoms with E-state index in [0.29, 0.717) is 11.4 Å². The summed E-state index contributed by atoms with van der Waals surface area (Å²) in [6, 6.07) is 8.20. The van der Waals surface area contributed by atoms with Crippen LogP contribution in [-0.2, 0) is 14.8 Å². The number of carbonyl (C=O) groups is 1. The molecular formula is C19H22F2N2O4S. The molecule has 0 aliphatic rings. The molecule has 2 aromatic carbocycles. The van der Waals surface area contributed by atoms with E-state index in [1.807, 2.05) is 13.0 Å². The molecule has 2 rings (SSSR count). The Hall–Kier alpha value is -2.68. The lowest BCUT2D eigenvalue weighted by atomic mass is 10.2. The number of benzene rings is 2. The quantitative estimate of drug-likeness (QED) is 0.720. The maximum absolute atomic E-state index is 13.5. The molecule has 0 aliphatic heterocycles. The van der Waals surface area contributed by atoms with E-state index in [2.05, 4.69) is 5.32 Å². The molecule has 1 N–H and O–H groups in total. The number of rotatable bonds is 8. The normalized spacial score (nSPS) is 11.2. The Morgan fingerprint density at radius 1 is 1.14 bits per heavy atom. The van der Waals surface area contributed by atoms with Crippen molar-refractivity contribution in [3.63, 3.8) is 0 Å². The first-order valence-electron chi connectivity index (χ1n) is 8.49. The maximum Gasteiger partial charge on any atom is 0.232 e. The van der Waals surface area contributed by atoms with Crippen LogP contribution in [0.25, 0.3) is 0 Å². The van der Waals surface area contributed by atoms with Crippen molar-refractivity contribution in [2.75, 3.05) is 29.5 Å². The summed E-state index contributed by atoms with van der Waals surface area (Å²) in [4.78, 5) is 12.2. The van der Waals surface area contributed by atoms with E-state index in [1.165, 1.54) is 13.2 Å². The predicted molar refractivity (Wildman–Crippen MR) is 104 cm³/mol. The van der Waals surface area contributed by atoms with E-state index in [9.17, 15) is 22.0 Å². The first-order chi connectivity index (χ1) is 13.1. The number of halogens is 2. The standard InChI is InChI=1S/C19H22F2N2O4S/c1-13-6-9-18(27-2)17(11-13)22-19(24)5-4-10-23(28(3,25)26)14-7-8-15(20)16(21)12-14/h6-9,11-12H,4-5,10H2,1-3H3,(H,22,24). The topological polar surface area (TPSA) is 75.7 Å². The van der Waals surface area contributed by atoms with Crippen LogP contribution < -0.4 is 14.4 Å². The van der Waals surface area contributed by atoms with E-state index in [4.69, 9.17) is 4.74 Å². The van der Waals surface area contributed by atoms with Crippen molar-refractivity contribution in [3.05, 3.63) is 53.6 Å². The Bertz CT molecular complexity index is 964. The van der Waals surface area contributed by atoms with Crippen LogP contribution in [0.5, 0.6) is 5.75 Å². The molecule has 0 bridgehead atoms. The van der Waals surface area contributed by atoms with Crippen LogP contribution in [0.3, 0.4) is 0 Å². The van der Waals surface area contributed by atoms with Gasteiger partial charge in [0, 0.05) is 19.0 Å². The zero-order chi connectivity index (χ0) is 20.9. The monoisotopic (exact) mass is 412 g/mol. The molecule has 0 saturated heterocycles.